The van der Waals surface area contributed by atoms with Gasteiger partial charge in [-0.2, -0.15) is 8.42 Å². The summed E-state index contributed by atoms with van der Waals surface area (Å²) in [6.45, 7) is 7.84. The molecule has 6 atom stereocenters. The van der Waals surface area contributed by atoms with Crippen molar-refractivity contribution in [2.45, 2.75) is 149 Å². The maximum absolute atomic E-state index is 13.1. The fraction of sp³-hybridized carbons (Fsp3) is 0.576. The van der Waals surface area contributed by atoms with Gasteiger partial charge in [-0.25, -0.2) is 9.48 Å². The van der Waals surface area contributed by atoms with Crippen LogP contribution in [0.1, 0.15) is 155 Å². The monoisotopic (exact) mass is 1520 g/mol. The van der Waals surface area contributed by atoms with E-state index in [2.05, 4.69) is 80.1 Å². The molecule has 0 saturated heterocycles. The maximum Gasteiger partial charge on any atom is 1.00 e. The molecule has 4 aliphatic carbocycles. The highest BCUT2D eigenvalue weighted by Crippen LogP contribution is 2.40. The number of carbonyl (C=O) groups is 8. The lowest BCUT2D eigenvalue weighted by Crippen LogP contribution is -2.44. The van der Waals surface area contributed by atoms with Gasteiger partial charge in [0.1, 0.15) is 12.1 Å². The Balaban J connectivity index is 0.000000459. The number of aromatic nitrogens is 9. The molecule has 1 aliphatic heterocycles. The number of fused-ring (bicyclic) bond motifs is 1. The summed E-state index contributed by atoms with van der Waals surface area (Å²) >= 11 is 19.0. The summed E-state index contributed by atoms with van der Waals surface area (Å²) in [4.78, 5) is 96.1. The summed E-state index contributed by atoms with van der Waals surface area (Å²) in [6.07, 6.45) is 21.2. The Kier molecular flexibility index (Phi) is 37.8. The van der Waals surface area contributed by atoms with Crippen LogP contribution in [0.15, 0.2) is 54.0 Å². The fourth-order valence-corrected chi connectivity index (χ4v) is 10.1. The minimum absolute atomic E-state index is 0. The number of amides is 2. The molecule has 566 valence electrons. The number of aliphatic hydroxyl groups is 1. The van der Waals surface area contributed by atoms with Crippen molar-refractivity contribution in [2.24, 2.45) is 40.4 Å². The molecule has 4 fully saturated rings. The Morgan fingerprint density at radius 2 is 1.17 bits per heavy atom. The first-order chi connectivity index (χ1) is 48.3. The van der Waals surface area contributed by atoms with E-state index in [1.54, 1.807) is 64.6 Å². The zero-order valence-electron chi connectivity index (χ0n) is 59.4. The predicted octanol–water partition coefficient (Wildman–Crippen LogP) is 7.26. The van der Waals surface area contributed by atoms with Crippen LogP contribution in [-0.4, -0.2) is 196 Å². The lowest BCUT2D eigenvalue weighted by molar-refractivity contribution is -0.146. The molecule has 5 N–H and O–H groups in total. The number of halogens is 3. The van der Waals surface area contributed by atoms with Crippen molar-refractivity contribution in [1.29, 1.82) is 0 Å². The first-order valence-corrected chi connectivity index (χ1v) is 35.2. The molecule has 4 saturated carbocycles. The smallest absolute Gasteiger partial charge is 0.480 e. The van der Waals surface area contributed by atoms with E-state index >= 15 is 0 Å². The largest absolute Gasteiger partial charge is 1.00 e. The number of esters is 5. The molecular formula is C66H93Cl3N15O18S+. The van der Waals surface area contributed by atoms with Crippen LogP contribution in [-0.2, 0) is 99.4 Å². The van der Waals surface area contributed by atoms with Crippen LogP contribution >= 0.6 is 34.8 Å². The van der Waals surface area contributed by atoms with Crippen molar-refractivity contribution in [1.82, 2.24) is 55.2 Å². The van der Waals surface area contributed by atoms with Gasteiger partial charge in [0.2, 0.25) is 0 Å². The van der Waals surface area contributed by atoms with E-state index in [1.165, 1.54) is 85.7 Å². The molecule has 103 heavy (non-hydrogen) atoms. The number of carbonyl (C=O) groups excluding carboxylic acids is 7. The molecule has 0 spiro atoms. The van der Waals surface area contributed by atoms with E-state index in [4.69, 9.17) is 57.6 Å². The van der Waals surface area contributed by atoms with Crippen molar-refractivity contribution < 1.29 is 86.3 Å². The lowest BCUT2D eigenvalue weighted by atomic mass is 9.96. The van der Waals surface area contributed by atoms with Crippen LogP contribution in [0.3, 0.4) is 0 Å². The second-order valence-electron chi connectivity index (χ2n) is 24.3. The van der Waals surface area contributed by atoms with Crippen molar-refractivity contribution in [3.05, 3.63) is 114 Å². The number of aliphatic carboxylic acids is 1. The van der Waals surface area contributed by atoms with Crippen molar-refractivity contribution >= 4 is 92.6 Å². The van der Waals surface area contributed by atoms with Crippen LogP contribution in [0.5, 0.6) is 0 Å². The number of nitrogens with two attached hydrogens (primary N) is 1. The van der Waals surface area contributed by atoms with Gasteiger partial charge in [-0.05, 0) is 119 Å². The van der Waals surface area contributed by atoms with Gasteiger partial charge in [0, 0.05) is 77.4 Å². The third-order valence-electron chi connectivity index (χ3n) is 15.4. The normalized spacial score (nSPS) is 15.5. The molecule has 0 radical (unpaired) electrons. The molecule has 5 aliphatic rings. The Morgan fingerprint density at radius 1 is 0.718 bits per heavy atom. The van der Waals surface area contributed by atoms with Gasteiger partial charge < -0.3 is 49.8 Å². The summed E-state index contributed by atoms with van der Waals surface area (Å²) in [5, 5.41) is 48.6. The lowest BCUT2D eigenvalue weighted by Gasteiger charge is -2.30. The summed E-state index contributed by atoms with van der Waals surface area (Å²) in [5.41, 5.74) is 18.3. The van der Waals surface area contributed by atoms with E-state index in [0.29, 0.717) is 65.9 Å². The van der Waals surface area contributed by atoms with Gasteiger partial charge in [0.15, 0.2) is 0 Å². The minimum atomic E-state index is -3.47. The number of benzene rings is 2. The summed E-state index contributed by atoms with van der Waals surface area (Å²) in [6, 6.07) is 6.31. The Labute approximate surface area is 614 Å². The van der Waals surface area contributed by atoms with Gasteiger partial charge >= 0.3 is 37.2 Å². The van der Waals surface area contributed by atoms with Gasteiger partial charge in [-0.15, -0.1) is 27.6 Å². The van der Waals surface area contributed by atoms with E-state index in [0.717, 1.165) is 41.7 Å². The highest BCUT2D eigenvalue weighted by Gasteiger charge is 2.33. The Hall–Kier alpha value is -8.81. The summed E-state index contributed by atoms with van der Waals surface area (Å²) < 4.78 is 52.3. The van der Waals surface area contributed by atoms with E-state index < -0.39 is 51.9 Å². The molecule has 2 aromatic carbocycles. The van der Waals surface area contributed by atoms with Crippen LogP contribution < -0.4 is 11.1 Å². The molecule has 10 rings (SSSR count). The number of hydrogen-bond acceptors (Lipinski definition) is 25. The zero-order valence-corrected chi connectivity index (χ0v) is 61.4. The minimum Gasteiger partial charge on any atom is -0.480 e. The number of methoxy groups -OCH3 is 5. The molecule has 0 unspecified atom stereocenters. The highest BCUT2D eigenvalue weighted by molar-refractivity contribution is 7.86. The Morgan fingerprint density at radius 3 is 1.58 bits per heavy atom. The fourth-order valence-electron chi connectivity index (χ4n) is 8.76. The van der Waals surface area contributed by atoms with E-state index in [-0.39, 0.29) is 98.9 Å². The zero-order chi connectivity index (χ0) is 76.0. The van der Waals surface area contributed by atoms with Crippen LogP contribution in [0, 0.1) is 41.9 Å². The number of nitrogens with zero attached hydrogens (tertiary/aromatic N) is 13. The van der Waals surface area contributed by atoms with Gasteiger partial charge in [-0.1, -0.05) is 76.8 Å². The number of azide groups is 1. The number of carboxylic acids is 1. The van der Waals surface area contributed by atoms with E-state index in [9.17, 15) is 51.9 Å². The SMILES string of the molecule is C.C#CC1CC1.COC(=O)[C@@H](C)CN=[N+]=[N-].COC(=O)[C@@H](C)CO.COC(=O)[C@@H](C)COS(C)(=O)=O.COC(=O)[C@@H](C)Cn1cc(C2CC2)nn1.COC(=O)[C@@H](N)Cn1cc(C2CC2)nn1.O=C(N[C@@H](Cn1cc(C2CC2)nn1)C(=O)O)c1c(Cl)cc2c(c1Cl)CCN(C(=O)c1ccc(Cl)cc1)C2.[H+]. The predicted molar refractivity (Wildman–Crippen MR) is 377 cm³/mol. The molecule has 2 amide bonds. The first kappa shape index (κ1) is 88.4. The molecule has 4 heterocycles. The average molecular weight is 1520 g/mol. The molecule has 33 nitrogen and oxygen atoms in total. The number of carboxylic acid groups (broad SMARTS) is 1. The van der Waals surface area contributed by atoms with Crippen molar-refractivity contribution in [3.63, 3.8) is 0 Å². The second-order valence-corrected chi connectivity index (χ2v) is 27.2. The Bertz CT molecular complexity index is 3770. The molecular weight excluding hydrogens is 1430 g/mol. The van der Waals surface area contributed by atoms with E-state index in [1.807, 2.05) is 19.3 Å². The van der Waals surface area contributed by atoms with Gasteiger partial charge in [-0.3, -0.25) is 47.1 Å². The topological polar surface area (TPSA) is 449 Å². The average Bonchev–Trinajstić information content (AvgIpc) is 1.77. The molecule has 5 aromatic rings. The number of terminal acetylenes is 1. The van der Waals surface area contributed by atoms with Crippen LogP contribution in [0.2, 0.25) is 15.1 Å². The second kappa shape index (κ2) is 44.0. The van der Waals surface area contributed by atoms with Crippen LogP contribution in [0.4, 0.5) is 0 Å². The third-order valence-corrected chi connectivity index (χ3v) is 17.0. The standard InChI is InChI=1S/C25H22Cl3N5O4.C10H15N3O2.C9H14N4O2.C6H12O5S.C5H9N3O2.C5H10O3.C5H6.CH4/c26-16-5-3-14(4-6-16)24(35)32-8-7-17-15(10-32)9-18(27)21(22(17)28)23(34)29-20(25(36)37)12-33-11-19(30-31-33)13-1-2-13;1-7(10(14)15-2)5-13-6-9(11-12-13)8-3-4-8;1-15-9(14)7(10)4-13-5-8(11-12-13)6-2-3-6;1-5(6(7)10-2)4-11-12(3,8)9;1-4(3-7-8-6)5(9)10-2;1-4(3-6)5(7)8-2;1-2-5-3-4-5;/h3-6,9,11,13,20H,1-2,7-8,10,12H2,(H,29,34)(H,36,37);6-8H,3-5H2,1-2H3;5-7H,2-4,10H2,1H3;5H,4H2,1-3H3;4H,3H2,1-2H3;4,6H,3H2,1-2H3;1,5H,3-4H2;1H4/p+1/t20-;2*7-;5-;2*4-;;/m000000../s1. The number of hydrogen-bond donors (Lipinski definition) is 4. The summed E-state index contributed by atoms with van der Waals surface area (Å²) in [7, 11) is 3.08. The number of ether oxygens (including phenoxy) is 5. The van der Waals surface area contributed by atoms with Crippen LogP contribution in [0.25, 0.3) is 10.4 Å². The number of rotatable bonds is 24. The summed E-state index contributed by atoms with van der Waals surface area (Å²) in [5.74, 6) is -0.568. The quantitative estimate of drug-likeness (QED) is 0.00897. The highest BCUT2D eigenvalue weighted by atomic mass is 35.5. The molecule has 37 heteroatoms. The number of nitrogens with one attached hydrogen (secondary N) is 1. The van der Waals surface area contributed by atoms with Crippen molar-refractivity contribution in [3.8, 4) is 12.3 Å². The third kappa shape index (κ3) is 31.4. The maximum atomic E-state index is 13.1. The van der Waals surface area contributed by atoms with Gasteiger partial charge in [0.25, 0.3) is 21.9 Å². The number of aliphatic hydroxyl groups excluding tert-OH is 1. The van der Waals surface area contributed by atoms with Crippen molar-refractivity contribution in [2.75, 3.05) is 68.1 Å². The van der Waals surface area contributed by atoms with Gasteiger partial charge in [0.05, 0.1) is 131 Å². The first-order valence-electron chi connectivity index (χ1n) is 32.2. The molecule has 3 aromatic heterocycles. The molecule has 0 bridgehead atoms.